The van der Waals surface area contributed by atoms with E-state index < -0.39 is 11.4 Å². The molecule has 1 N–H and O–H groups in total. The van der Waals surface area contributed by atoms with E-state index in [2.05, 4.69) is 6.92 Å². The monoisotopic (exact) mass is 301 g/mol. The van der Waals surface area contributed by atoms with Gasteiger partial charge in [-0.3, -0.25) is 9.59 Å². The maximum absolute atomic E-state index is 12.7. The average Bonchev–Trinajstić information content (AvgIpc) is 3.10. The van der Waals surface area contributed by atoms with Gasteiger partial charge >= 0.3 is 5.97 Å². The Morgan fingerprint density at radius 1 is 1.41 bits per heavy atom. The van der Waals surface area contributed by atoms with Crippen LogP contribution in [0.25, 0.3) is 11.0 Å². The summed E-state index contributed by atoms with van der Waals surface area (Å²) in [4.78, 5) is 25.6. The second-order valence-corrected chi connectivity index (χ2v) is 6.18. The van der Waals surface area contributed by atoms with Crippen molar-refractivity contribution in [2.75, 3.05) is 13.1 Å². The summed E-state index contributed by atoms with van der Waals surface area (Å²) in [7, 11) is 0. The van der Waals surface area contributed by atoms with Crippen LogP contribution in [-0.2, 0) is 11.2 Å². The van der Waals surface area contributed by atoms with Crippen LogP contribution in [0, 0.1) is 5.41 Å². The van der Waals surface area contributed by atoms with Gasteiger partial charge in [-0.2, -0.15) is 0 Å². The molecule has 1 saturated heterocycles. The fraction of sp³-hybridized carbons (Fsp3) is 0.412. The lowest BCUT2D eigenvalue weighted by atomic mass is 9.90. The normalized spacial score (nSPS) is 21.5. The number of furan rings is 1. The predicted octanol–water partition coefficient (Wildman–Crippen LogP) is 2.93. The van der Waals surface area contributed by atoms with Crippen LogP contribution in [0.15, 0.2) is 28.9 Å². The number of carboxylic acid groups (broad SMARTS) is 1. The van der Waals surface area contributed by atoms with E-state index in [1.54, 1.807) is 11.8 Å². The summed E-state index contributed by atoms with van der Waals surface area (Å²) >= 11 is 0. The Balaban J connectivity index is 1.92. The fourth-order valence-corrected chi connectivity index (χ4v) is 2.94. The minimum atomic E-state index is -0.857. The average molecular weight is 301 g/mol. The van der Waals surface area contributed by atoms with Crippen molar-refractivity contribution in [2.24, 2.45) is 5.41 Å². The lowest BCUT2D eigenvalue weighted by molar-refractivity contribution is -0.147. The van der Waals surface area contributed by atoms with E-state index in [0.717, 1.165) is 17.4 Å². The first kappa shape index (κ1) is 14.6. The van der Waals surface area contributed by atoms with Crippen LogP contribution in [0.2, 0.25) is 0 Å². The van der Waals surface area contributed by atoms with Crippen molar-refractivity contribution < 1.29 is 19.1 Å². The lowest BCUT2D eigenvalue weighted by Gasteiger charge is -2.19. The van der Waals surface area contributed by atoms with Gasteiger partial charge in [-0.25, -0.2) is 0 Å². The second-order valence-electron chi connectivity index (χ2n) is 6.18. The Morgan fingerprint density at radius 2 is 2.18 bits per heavy atom. The third-order valence-corrected chi connectivity index (χ3v) is 4.55. The maximum atomic E-state index is 12.7. The van der Waals surface area contributed by atoms with E-state index >= 15 is 0 Å². The van der Waals surface area contributed by atoms with Crippen molar-refractivity contribution >= 4 is 22.8 Å². The van der Waals surface area contributed by atoms with Gasteiger partial charge in [0.2, 0.25) is 0 Å². The Morgan fingerprint density at radius 3 is 2.82 bits per heavy atom. The number of amides is 1. The van der Waals surface area contributed by atoms with Crippen molar-refractivity contribution in [3.63, 3.8) is 0 Å². The zero-order chi connectivity index (χ0) is 15.9. The molecule has 0 aliphatic carbocycles. The standard InChI is InChI=1S/C17H19NO4/c1-3-11-4-5-14-12(8-11)13(9-22-14)15(19)18-7-6-17(2,10-18)16(20)21/h4-5,8-9H,3,6-7,10H2,1-2H3,(H,20,21). The van der Waals surface area contributed by atoms with Gasteiger partial charge < -0.3 is 14.4 Å². The van der Waals surface area contributed by atoms with Gasteiger partial charge in [0, 0.05) is 18.5 Å². The molecule has 1 atom stereocenters. The quantitative estimate of drug-likeness (QED) is 0.946. The zero-order valence-electron chi connectivity index (χ0n) is 12.8. The summed E-state index contributed by atoms with van der Waals surface area (Å²) in [5.41, 5.74) is 1.48. The van der Waals surface area contributed by atoms with Gasteiger partial charge in [-0.05, 0) is 37.5 Å². The SMILES string of the molecule is CCc1ccc2occ(C(=O)N3CCC(C)(C(=O)O)C3)c2c1. The van der Waals surface area contributed by atoms with Crippen molar-refractivity contribution in [2.45, 2.75) is 26.7 Å². The van der Waals surface area contributed by atoms with Crippen molar-refractivity contribution in [1.82, 2.24) is 4.90 Å². The Hall–Kier alpha value is -2.30. The molecule has 0 saturated carbocycles. The molecular weight excluding hydrogens is 282 g/mol. The molecule has 2 aromatic rings. The molecule has 1 aliphatic heterocycles. The van der Waals surface area contributed by atoms with Crippen molar-refractivity contribution in [3.05, 3.63) is 35.6 Å². The summed E-state index contributed by atoms with van der Waals surface area (Å²) in [5.74, 6) is -1.01. The van der Waals surface area contributed by atoms with Gasteiger partial charge in [0.25, 0.3) is 5.91 Å². The number of aliphatic carboxylic acids is 1. The smallest absolute Gasteiger partial charge is 0.311 e. The summed E-state index contributed by atoms with van der Waals surface area (Å²) in [6.45, 7) is 4.44. The number of rotatable bonds is 3. The van der Waals surface area contributed by atoms with E-state index in [1.807, 2.05) is 18.2 Å². The summed E-state index contributed by atoms with van der Waals surface area (Å²) in [6.07, 6.45) is 2.84. The Labute approximate surface area is 128 Å². The Bertz CT molecular complexity index is 748. The third-order valence-electron chi connectivity index (χ3n) is 4.55. The van der Waals surface area contributed by atoms with Crippen LogP contribution in [0.3, 0.4) is 0 Å². The minimum absolute atomic E-state index is 0.156. The molecule has 0 spiro atoms. The van der Waals surface area contributed by atoms with Crippen LogP contribution in [0.1, 0.15) is 36.2 Å². The maximum Gasteiger partial charge on any atom is 0.311 e. The highest BCUT2D eigenvalue weighted by molar-refractivity contribution is 6.06. The van der Waals surface area contributed by atoms with Crippen molar-refractivity contribution in [3.8, 4) is 0 Å². The molecule has 1 aliphatic rings. The molecule has 0 bridgehead atoms. The second kappa shape index (κ2) is 5.16. The molecule has 116 valence electrons. The molecular formula is C17H19NO4. The minimum Gasteiger partial charge on any atom is -0.481 e. The molecule has 1 aromatic heterocycles. The molecule has 5 nitrogen and oxygen atoms in total. The number of benzene rings is 1. The number of nitrogens with zero attached hydrogens (tertiary/aromatic N) is 1. The molecule has 5 heteroatoms. The highest BCUT2D eigenvalue weighted by Gasteiger charge is 2.42. The van der Waals surface area contributed by atoms with Crippen LogP contribution < -0.4 is 0 Å². The number of hydrogen-bond donors (Lipinski definition) is 1. The molecule has 0 radical (unpaired) electrons. The summed E-state index contributed by atoms with van der Waals surface area (Å²) in [5, 5.41) is 10.1. The largest absolute Gasteiger partial charge is 0.481 e. The van der Waals surface area contributed by atoms with Gasteiger partial charge in [-0.15, -0.1) is 0 Å². The number of carboxylic acids is 1. The number of aryl methyl sites for hydroxylation is 1. The predicted molar refractivity (Wildman–Crippen MR) is 81.9 cm³/mol. The highest BCUT2D eigenvalue weighted by atomic mass is 16.4. The molecule has 3 rings (SSSR count). The number of carbonyl (C=O) groups is 2. The number of carbonyl (C=O) groups excluding carboxylic acids is 1. The van der Waals surface area contributed by atoms with E-state index in [1.165, 1.54) is 6.26 Å². The van der Waals surface area contributed by atoms with E-state index in [9.17, 15) is 14.7 Å². The molecule has 1 fully saturated rings. The molecule has 2 heterocycles. The van der Waals surface area contributed by atoms with Crippen molar-refractivity contribution in [1.29, 1.82) is 0 Å². The van der Waals surface area contributed by atoms with Gasteiger partial charge in [0.1, 0.15) is 11.8 Å². The van der Waals surface area contributed by atoms with E-state index in [-0.39, 0.29) is 12.5 Å². The summed E-state index contributed by atoms with van der Waals surface area (Å²) < 4.78 is 5.46. The fourth-order valence-electron chi connectivity index (χ4n) is 2.94. The van der Waals surface area contributed by atoms with E-state index in [0.29, 0.717) is 24.1 Å². The van der Waals surface area contributed by atoms with Crippen LogP contribution >= 0.6 is 0 Å². The first-order valence-electron chi connectivity index (χ1n) is 7.47. The van der Waals surface area contributed by atoms with Crippen LogP contribution in [0.5, 0.6) is 0 Å². The molecule has 1 aromatic carbocycles. The van der Waals surface area contributed by atoms with E-state index in [4.69, 9.17) is 4.42 Å². The zero-order valence-corrected chi connectivity index (χ0v) is 12.8. The number of fused-ring (bicyclic) bond motifs is 1. The topological polar surface area (TPSA) is 70.8 Å². The molecule has 22 heavy (non-hydrogen) atoms. The van der Waals surface area contributed by atoms with Gasteiger partial charge in [-0.1, -0.05) is 13.0 Å². The lowest BCUT2D eigenvalue weighted by Crippen LogP contribution is -2.34. The van der Waals surface area contributed by atoms with Gasteiger partial charge in [0.05, 0.1) is 11.0 Å². The number of hydrogen-bond acceptors (Lipinski definition) is 3. The first-order valence-corrected chi connectivity index (χ1v) is 7.47. The van der Waals surface area contributed by atoms with Crippen LogP contribution in [0.4, 0.5) is 0 Å². The van der Waals surface area contributed by atoms with Crippen LogP contribution in [-0.4, -0.2) is 35.0 Å². The number of likely N-dealkylation sites (tertiary alicyclic amines) is 1. The summed E-state index contributed by atoms with van der Waals surface area (Å²) in [6, 6.07) is 5.83. The third kappa shape index (κ3) is 2.26. The Kier molecular flexibility index (Phi) is 3.43. The van der Waals surface area contributed by atoms with Gasteiger partial charge in [0.15, 0.2) is 0 Å². The molecule has 1 unspecified atom stereocenters. The molecule has 1 amide bonds. The first-order chi connectivity index (χ1) is 10.4. The highest BCUT2D eigenvalue weighted by Crippen LogP contribution is 2.32.